The average molecular weight is 343 g/mol. The summed E-state index contributed by atoms with van der Waals surface area (Å²) >= 11 is 0. The third-order valence-electron chi connectivity index (χ3n) is 5.96. The SMILES string of the molecule is Cc1ccc(N2c3ccccc3B3c4ccccc4-c4cccc2c43)cc1. The number of aryl methyl sites for hydroxylation is 1. The van der Waals surface area contributed by atoms with Crippen LogP contribution in [-0.2, 0) is 0 Å². The molecule has 0 unspecified atom stereocenters. The molecule has 0 bridgehead atoms. The zero-order valence-corrected chi connectivity index (χ0v) is 15.2. The van der Waals surface area contributed by atoms with E-state index in [2.05, 4.69) is 103 Å². The van der Waals surface area contributed by atoms with Crippen molar-refractivity contribution in [2.24, 2.45) is 0 Å². The minimum atomic E-state index is 0.324. The average Bonchev–Trinajstić information content (AvgIpc) is 3.06. The van der Waals surface area contributed by atoms with Crippen molar-refractivity contribution in [3.8, 4) is 11.1 Å². The molecule has 0 radical (unpaired) electrons. The van der Waals surface area contributed by atoms with E-state index in [-0.39, 0.29) is 0 Å². The van der Waals surface area contributed by atoms with Crippen LogP contribution < -0.4 is 21.3 Å². The molecule has 0 fully saturated rings. The standard InChI is InChI=1S/C25H18BN/c1-17-13-15-18(16-14-17)27-23-11-5-4-10-22(23)26-21-9-3-2-7-19(21)20-8-6-12-24(27)25(20)26/h2-16H,1H3. The number of fused-ring (bicyclic) bond motifs is 5. The van der Waals surface area contributed by atoms with Gasteiger partial charge < -0.3 is 4.90 Å². The van der Waals surface area contributed by atoms with Crippen LogP contribution in [0.25, 0.3) is 11.1 Å². The Kier molecular flexibility index (Phi) is 2.96. The van der Waals surface area contributed by atoms with Gasteiger partial charge in [-0.25, -0.2) is 0 Å². The fraction of sp³-hybridized carbons (Fsp3) is 0.0400. The fourth-order valence-corrected chi connectivity index (χ4v) is 4.80. The Morgan fingerprint density at radius 2 is 1.26 bits per heavy atom. The van der Waals surface area contributed by atoms with E-state index in [1.807, 2.05) is 0 Å². The Morgan fingerprint density at radius 1 is 0.593 bits per heavy atom. The summed E-state index contributed by atoms with van der Waals surface area (Å²) in [7, 11) is 0. The second kappa shape index (κ2) is 5.37. The summed E-state index contributed by atoms with van der Waals surface area (Å²) in [6.45, 7) is 2.46. The number of rotatable bonds is 1. The lowest BCUT2D eigenvalue weighted by Crippen LogP contribution is -2.54. The van der Waals surface area contributed by atoms with Crippen molar-refractivity contribution < 1.29 is 0 Å². The van der Waals surface area contributed by atoms with Gasteiger partial charge in [-0.15, -0.1) is 0 Å². The minimum Gasteiger partial charge on any atom is -0.312 e. The smallest absolute Gasteiger partial charge is 0.248 e. The summed E-state index contributed by atoms with van der Waals surface area (Å²) in [5.74, 6) is 0. The van der Waals surface area contributed by atoms with Gasteiger partial charge in [-0.05, 0) is 53.2 Å². The second-order valence-electron chi connectivity index (χ2n) is 7.49. The van der Waals surface area contributed by atoms with Crippen LogP contribution >= 0.6 is 0 Å². The van der Waals surface area contributed by atoms with Gasteiger partial charge in [-0.1, -0.05) is 77.8 Å². The van der Waals surface area contributed by atoms with Gasteiger partial charge in [0.15, 0.2) is 0 Å². The molecule has 0 spiro atoms. The van der Waals surface area contributed by atoms with Gasteiger partial charge in [0.25, 0.3) is 0 Å². The molecule has 0 aliphatic carbocycles. The van der Waals surface area contributed by atoms with E-state index in [4.69, 9.17) is 0 Å². The number of para-hydroxylation sites is 1. The maximum Gasteiger partial charge on any atom is 0.248 e. The third kappa shape index (κ3) is 1.96. The van der Waals surface area contributed by atoms with Crippen molar-refractivity contribution in [1.29, 1.82) is 0 Å². The van der Waals surface area contributed by atoms with Gasteiger partial charge in [0.05, 0.1) is 0 Å². The van der Waals surface area contributed by atoms with Gasteiger partial charge >= 0.3 is 0 Å². The summed E-state index contributed by atoms with van der Waals surface area (Å²) in [6, 6.07) is 33.3. The van der Waals surface area contributed by atoms with Gasteiger partial charge in [-0.2, -0.15) is 0 Å². The molecule has 27 heavy (non-hydrogen) atoms. The first-order valence-corrected chi connectivity index (χ1v) is 9.51. The molecular weight excluding hydrogens is 325 g/mol. The van der Waals surface area contributed by atoms with Crippen molar-refractivity contribution >= 4 is 40.2 Å². The van der Waals surface area contributed by atoms with Crippen LogP contribution in [0.5, 0.6) is 0 Å². The number of nitrogens with zero attached hydrogens (tertiary/aromatic N) is 1. The number of hydrogen-bond donors (Lipinski definition) is 0. The number of benzene rings is 4. The van der Waals surface area contributed by atoms with Crippen LogP contribution in [0.15, 0.2) is 91.0 Å². The molecule has 4 aromatic carbocycles. The molecule has 2 heteroatoms. The Labute approximate surface area is 160 Å². The lowest BCUT2D eigenvalue weighted by Gasteiger charge is -2.35. The highest BCUT2D eigenvalue weighted by Crippen LogP contribution is 2.39. The normalized spacial score (nSPS) is 13.2. The Morgan fingerprint density at radius 3 is 2.11 bits per heavy atom. The van der Waals surface area contributed by atoms with E-state index in [1.165, 1.54) is 50.1 Å². The predicted molar refractivity (Wildman–Crippen MR) is 116 cm³/mol. The maximum absolute atomic E-state index is 2.43. The van der Waals surface area contributed by atoms with Gasteiger partial charge in [-0.3, -0.25) is 0 Å². The molecule has 0 saturated heterocycles. The molecule has 0 saturated carbocycles. The van der Waals surface area contributed by atoms with E-state index in [0.29, 0.717) is 6.71 Å². The topological polar surface area (TPSA) is 3.24 Å². The summed E-state index contributed by atoms with van der Waals surface area (Å²) in [4.78, 5) is 2.43. The molecular formula is C25H18BN. The summed E-state index contributed by atoms with van der Waals surface area (Å²) in [5, 5.41) is 0. The zero-order chi connectivity index (χ0) is 18.0. The third-order valence-corrected chi connectivity index (χ3v) is 5.96. The first-order chi connectivity index (χ1) is 13.3. The second-order valence-corrected chi connectivity index (χ2v) is 7.49. The number of anilines is 3. The minimum absolute atomic E-state index is 0.324. The van der Waals surface area contributed by atoms with E-state index >= 15 is 0 Å². The summed E-state index contributed by atoms with van der Waals surface area (Å²) in [5.41, 5.74) is 12.1. The Balaban J connectivity index is 1.70. The summed E-state index contributed by atoms with van der Waals surface area (Å²) in [6.07, 6.45) is 0. The molecule has 0 atom stereocenters. The van der Waals surface area contributed by atoms with Crippen molar-refractivity contribution in [2.45, 2.75) is 6.92 Å². The molecule has 0 amide bonds. The molecule has 126 valence electrons. The Bertz CT molecular complexity index is 1190. The highest BCUT2D eigenvalue weighted by molar-refractivity contribution is 7.01. The van der Waals surface area contributed by atoms with Gasteiger partial charge in [0, 0.05) is 17.1 Å². The molecule has 0 aromatic heterocycles. The quantitative estimate of drug-likeness (QED) is 0.403. The molecule has 2 aliphatic heterocycles. The first kappa shape index (κ1) is 14.9. The molecule has 2 aliphatic rings. The fourth-order valence-electron chi connectivity index (χ4n) is 4.80. The van der Waals surface area contributed by atoms with Gasteiger partial charge in [0.1, 0.15) is 0 Å². The van der Waals surface area contributed by atoms with Crippen LogP contribution in [0.4, 0.5) is 17.1 Å². The summed E-state index contributed by atoms with van der Waals surface area (Å²) < 4.78 is 0. The van der Waals surface area contributed by atoms with Crippen LogP contribution in [0.3, 0.4) is 0 Å². The maximum atomic E-state index is 2.43. The van der Waals surface area contributed by atoms with Crippen LogP contribution in [0.2, 0.25) is 0 Å². The van der Waals surface area contributed by atoms with Crippen LogP contribution in [0, 0.1) is 6.92 Å². The Hall–Kier alpha value is -3.26. The van der Waals surface area contributed by atoms with Crippen molar-refractivity contribution in [3.05, 3.63) is 96.6 Å². The highest BCUT2D eigenvalue weighted by Gasteiger charge is 2.41. The van der Waals surface area contributed by atoms with Gasteiger partial charge in [0.2, 0.25) is 6.71 Å². The lowest BCUT2D eigenvalue weighted by molar-refractivity contribution is 1.29. The van der Waals surface area contributed by atoms with Crippen LogP contribution in [-0.4, -0.2) is 6.71 Å². The van der Waals surface area contributed by atoms with E-state index in [9.17, 15) is 0 Å². The van der Waals surface area contributed by atoms with Crippen LogP contribution in [0.1, 0.15) is 5.56 Å². The predicted octanol–water partition coefficient (Wildman–Crippen LogP) is 4.27. The van der Waals surface area contributed by atoms with E-state index < -0.39 is 0 Å². The highest BCUT2D eigenvalue weighted by atomic mass is 15.1. The molecule has 0 N–H and O–H groups in total. The molecule has 4 aromatic rings. The number of hydrogen-bond acceptors (Lipinski definition) is 1. The van der Waals surface area contributed by atoms with E-state index in [0.717, 1.165) is 0 Å². The monoisotopic (exact) mass is 343 g/mol. The lowest BCUT2D eigenvalue weighted by atomic mass is 9.37. The molecule has 2 heterocycles. The van der Waals surface area contributed by atoms with E-state index in [1.54, 1.807) is 0 Å². The zero-order valence-electron chi connectivity index (χ0n) is 15.2. The largest absolute Gasteiger partial charge is 0.312 e. The van der Waals surface area contributed by atoms with Crippen molar-refractivity contribution in [3.63, 3.8) is 0 Å². The van der Waals surface area contributed by atoms with Crippen molar-refractivity contribution in [1.82, 2.24) is 0 Å². The molecule has 1 nitrogen and oxygen atoms in total. The van der Waals surface area contributed by atoms with Crippen molar-refractivity contribution in [2.75, 3.05) is 4.90 Å². The molecule has 6 rings (SSSR count). The first-order valence-electron chi connectivity index (χ1n) is 9.51.